The summed E-state index contributed by atoms with van der Waals surface area (Å²) >= 11 is 7.54. The molecule has 0 bridgehead atoms. The minimum atomic E-state index is -0.436. The number of nitrogens with zero attached hydrogens (tertiary/aromatic N) is 1. The molecule has 0 atom stereocenters. The minimum Gasteiger partial charge on any atom is -0.496 e. The van der Waals surface area contributed by atoms with Gasteiger partial charge in [-0.2, -0.15) is 0 Å². The maximum absolute atomic E-state index is 13.4. The fraction of sp³-hybridized carbons (Fsp3) is 0.0909. The zero-order valence-corrected chi connectivity index (χ0v) is 17.0. The largest absolute Gasteiger partial charge is 0.496 e. The van der Waals surface area contributed by atoms with E-state index in [-0.39, 0.29) is 0 Å². The first kappa shape index (κ1) is 19.4. The van der Waals surface area contributed by atoms with E-state index in [0.717, 1.165) is 4.90 Å². The average molecular weight is 426 g/mol. The number of benzene rings is 2. The second-order valence-corrected chi connectivity index (χ2v) is 7.56. The van der Waals surface area contributed by atoms with E-state index in [4.69, 9.17) is 20.8 Å². The molecule has 0 spiro atoms. The van der Waals surface area contributed by atoms with Crippen LogP contribution in [0.1, 0.15) is 11.3 Å². The molecule has 1 aliphatic rings. The standard InChI is InChI=1S/C22H16ClNO4S/c1-27-18-11-5-2-8-15(18)19-20(29-13-14-7-6-12-28-14)22(26)24(21(19)25)17-10-4-3-9-16(17)23/h2-12H,13H2,1H3. The monoisotopic (exact) mass is 425 g/mol. The van der Waals surface area contributed by atoms with Gasteiger partial charge in [0.25, 0.3) is 11.8 Å². The summed E-state index contributed by atoms with van der Waals surface area (Å²) in [5.41, 5.74) is 1.21. The molecule has 5 nitrogen and oxygen atoms in total. The molecule has 0 N–H and O–H groups in total. The summed E-state index contributed by atoms with van der Waals surface area (Å²) in [5, 5.41) is 0.325. The van der Waals surface area contributed by atoms with Crippen LogP contribution in [-0.2, 0) is 15.3 Å². The molecule has 2 amide bonds. The Kier molecular flexibility index (Phi) is 5.47. The van der Waals surface area contributed by atoms with Crippen LogP contribution < -0.4 is 9.64 Å². The third kappa shape index (κ3) is 3.57. The highest BCUT2D eigenvalue weighted by Crippen LogP contribution is 2.43. The van der Waals surface area contributed by atoms with Gasteiger partial charge in [0.05, 0.1) is 40.3 Å². The molecule has 0 unspecified atom stereocenters. The Morgan fingerprint density at radius 1 is 1.00 bits per heavy atom. The summed E-state index contributed by atoms with van der Waals surface area (Å²) in [7, 11) is 1.53. The molecule has 0 saturated heterocycles. The van der Waals surface area contributed by atoms with Gasteiger partial charge in [-0.1, -0.05) is 41.9 Å². The van der Waals surface area contributed by atoms with Crippen LogP contribution in [-0.4, -0.2) is 18.9 Å². The maximum atomic E-state index is 13.4. The number of methoxy groups -OCH3 is 1. The van der Waals surface area contributed by atoms with Gasteiger partial charge in [-0.05, 0) is 30.3 Å². The molecule has 3 aromatic rings. The van der Waals surface area contributed by atoms with Gasteiger partial charge in [0.2, 0.25) is 0 Å². The predicted octanol–water partition coefficient (Wildman–Crippen LogP) is 5.16. The Hall–Kier alpha value is -2.96. The number of ether oxygens (including phenoxy) is 1. The third-order valence-electron chi connectivity index (χ3n) is 4.45. The Balaban J connectivity index is 1.81. The molecular formula is C22H16ClNO4S. The van der Waals surface area contributed by atoms with E-state index >= 15 is 0 Å². The zero-order chi connectivity index (χ0) is 20.4. The van der Waals surface area contributed by atoms with Crippen LogP contribution in [0.2, 0.25) is 5.02 Å². The molecule has 2 heterocycles. The second-order valence-electron chi connectivity index (χ2n) is 6.17. The normalized spacial score (nSPS) is 14.1. The molecule has 1 aliphatic heterocycles. The fourth-order valence-electron chi connectivity index (χ4n) is 3.12. The summed E-state index contributed by atoms with van der Waals surface area (Å²) in [4.78, 5) is 28.2. The van der Waals surface area contributed by atoms with Crippen LogP contribution in [0.25, 0.3) is 5.57 Å². The van der Waals surface area contributed by atoms with Crippen molar-refractivity contribution < 1.29 is 18.7 Å². The van der Waals surface area contributed by atoms with Crippen molar-refractivity contribution in [1.29, 1.82) is 0 Å². The van der Waals surface area contributed by atoms with Crippen LogP contribution in [0.4, 0.5) is 5.69 Å². The molecule has 2 aromatic carbocycles. The number of para-hydroxylation sites is 2. The Labute approximate surface area is 176 Å². The van der Waals surface area contributed by atoms with Gasteiger partial charge in [0, 0.05) is 5.56 Å². The van der Waals surface area contributed by atoms with E-state index in [9.17, 15) is 9.59 Å². The number of carbonyl (C=O) groups is 2. The van der Waals surface area contributed by atoms with Crippen LogP contribution in [0, 0.1) is 0 Å². The smallest absolute Gasteiger partial charge is 0.272 e. The first-order valence-electron chi connectivity index (χ1n) is 8.78. The van der Waals surface area contributed by atoms with Crippen molar-refractivity contribution >= 4 is 46.4 Å². The highest BCUT2D eigenvalue weighted by Gasteiger charge is 2.41. The van der Waals surface area contributed by atoms with Crippen LogP contribution in [0.3, 0.4) is 0 Å². The SMILES string of the molecule is COc1ccccc1C1=C(SCc2ccco2)C(=O)N(c2ccccc2Cl)C1=O. The molecule has 1 aromatic heterocycles. The predicted molar refractivity (Wildman–Crippen MR) is 114 cm³/mol. The van der Waals surface area contributed by atoms with Gasteiger partial charge in [0.1, 0.15) is 11.5 Å². The number of hydrogen-bond acceptors (Lipinski definition) is 5. The van der Waals surface area contributed by atoms with Crippen LogP contribution >= 0.6 is 23.4 Å². The Bertz CT molecular complexity index is 1110. The lowest BCUT2D eigenvalue weighted by Gasteiger charge is -2.16. The number of amides is 2. The number of anilines is 1. The number of thioether (sulfide) groups is 1. The van der Waals surface area contributed by atoms with Crippen molar-refractivity contribution in [1.82, 2.24) is 0 Å². The van der Waals surface area contributed by atoms with Gasteiger partial charge < -0.3 is 9.15 Å². The maximum Gasteiger partial charge on any atom is 0.272 e. The first-order valence-corrected chi connectivity index (χ1v) is 10.1. The average Bonchev–Trinajstić information content (AvgIpc) is 3.33. The van der Waals surface area contributed by atoms with Gasteiger partial charge in [-0.15, -0.1) is 11.8 Å². The summed E-state index contributed by atoms with van der Waals surface area (Å²) < 4.78 is 10.8. The van der Waals surface area contributed by atoms with Crippen LogP contribution in [0.5, 0.6) is 5.75 Å². The second kappa shape index (κ2) is 8.19. The molecular weight excluding hydrogens is 410 g/mol. The summed E-state index contributed by atoms with van der Waals surface area (Å²) in [6.07, 6.45) is 1.57. The third-order valence-corrected chi connectivity index (χ3v) is 5.87. The summed E-state index contributed by atoms with van der Waals surface area (Å²) in [6.45, 7) is 0. The van der Waals surface area contributed by atoms with E-state index in [1.807, 2.05) is 12.1 Å². The molecule has 0 radical (unpaired) electrons. The first-order chi connectivity index (χ1) is 14.1. The molecule has 0 saturated carbocycles. The van der Waals surface area contributed by atoms with Crippen molar-refractivity contribution in [3.63, 3.8) is 0 Å². The highest BCUT2D eigenvalue weighted by atomic mass is 35.5. The number of rotatable bonds is 6. The number of halogens is 1. The Morgan fingerprint density at radius 3 is 2.48 bits per heavy atom. The number of furan rings is 1. The summed E-state index contributed by atoms with van der Waals surface area (Å²) in [6, 6.07) is 17.5. The summed E-state index contributed by atoms with van der Waals surface area (Å²) in [5.74, 6) is 0.783. The molecule has 7 heteroatoms. The lowest BCUT2D eigenvalue weighted by molar-refractivity contribution is -0.119. The lowest BCUT2D eigenvalue weighted by Crippen LogP contribution is -2.31. The fourth-order valence-corrected chi connectivity index (χ4v) is 4.35. The van der Waals surface area contributed by atoms with Crippen LogP contribution in [0.15, 0.2) is 76.2 Å². The minimum absolute atomic E-state index is 0.295. The van der Waals surface area contributed by atoms with Gasteiger partial charge in [-0.25, -0.2) is 4.90 Å². The van der Waals surface area contributed by atoms with Crippen molar-refractivity contribution in [3.8, 4) is 5.75 Å². The zero-order valence-electron chi connectivity index (χ0n) is 15.4. The van der Waals surface area contributed by atoms with Crippen molar-refractivity contribution in [2.75, 3.05) is 12.0 Å². The van der Waals surface area contributed by atoms with Gasteiger partial charge in [-0.3, -0.25) is 9.59 Å². The highest BCUT2D eigenvalue weighted by molar-refractivity contribution is 8.03. The van der Waals surface area contributed by atoms with Gasteiger partial charge in [0.15, 0.2) is 0 Å². The molecule has 146 valence electrons. The number of carbonyl (C=O) groups excluding carboxylic acids is 2. The molecule has 0 fully saturated rings. The van der Waals surface area contributed by atoms with E-state index in [0.29, 0.717) is 44.0 Å². The molecule has 29 heavy (non-hydrogen) atoms. The van der Waals surface area contributed by atoms with E-state index in [1.165, 1.54) is 18.9 Å². The molecule has 0 aliphatic carbocycles. The van der Waals surface area contributed by atoms with Crippen molar-refractivity contribution in [2.45, 2.75) is 5.75 Å². The topological polar surface area (TPSA) is 59.8 Å². The lowest BCUT2D eigenvalue weighted by atomic mass is 10.0. The Morgan fingerprint density at radius 2 is 1.76 bits per heavy atom. The number of hydrogen-bond donors (Lipinski definition) is 0. The number of imide groups is 1. The van der Waals surface area contributed by atoms with Gasteiger partial charge >= 0.3 is 0 Å². The quantitative estimate of drug-likeness (QED) is 0.510. The van der Waals surface area contributed by atoms with Crippen molar-refractivity contribution in [2.24, 2.45) is 0 Å². The van der Waals surface area contributed by atoms with E-state index < -0.39 is 11.8 Å². The van der Waals surface area contributed by atoms with Crippen molar-refractivity contribution in [3.05, 3.63) is 88.2 Å². The molecule has 4 rings (SSSR count). The van der Waals surface area contributed by atoms with E-state index in [2.05, 4.69) is 0 Å². The van der Waals surface area contributed by atoms with E-state index in [1.54, 1.807) is 54.8 Å².